The van der Waals surface area contributed by atoms with E-state index in [2.05, 4.69) is 16.2 Å². The highest BCUT2D eigenvalue weighted by atomic mass is 32.2. The summed E-state index contributed by atoms with van der Waals surface area (Å²) >= 11 is 0. The van der Waals surface area contributed by atoms with Crippen molar-refractivity contribution in [2.75, 3.05) is 5.32 Å². The average molecular weight is 360 g/mol. The quantitative estimate of drug-likeness (QED) is 0.654. The van der Waals surface area contributed by atoms with Gasteiger partial charge in [-0.15, -0.1) is 0 Å². The molecular weight excluding hydrogens is 340 g/mol. The Morgan fingerprint density at radius 1 is 1.08 bits per heavy atom. The summed E-state index contributed by atoms with van der Waals surface area (Å²) in [5, 5.41) is 7.82. The maximum absolute atomic E-state index is 12.4. The Labute approximate surface area is 146 Å². The number of rotatable bonds is 4. The van der Waals surface area contributed by atoms with Crippen LogP contribution in [0.3, 0.4) is 0 Å². The molecule has 2 unspecified atom stereocenters. The fourth-order valence-corrected chi connectivity index (χ4v) is 3.22. The van der Waals surface area contributed by atoms with Gasteiger partial charge in [0, 0.05) is 11.7 Å². The summed E-state index contributed by atoms with van der Waals surface area (Å²) in [7, 11) is -3.74. The molecule has 1 fully saturated rings. The SMILES string of the molecule is Cc1ccc(C2CC(C(=O)Nc3ccc(S(N)(=O)=O)cc3)NN2)cc1. The van der Waals surface area contributed by atoms with Crippen LogP contribution in [-0.4, -0.2) is 20.4 Å². The molecule has 7 nitrogen and oxygen atoms in total. The number of benzene rings is 2. The third kappa shape index (κ3) is 4.23. The normalized spacial score (nSPS) is 20.4. The molecule has 0 saturated carbocycles. The second kappa shape index (κ2) is 6.93. The lowest BCUT2D eigenvalue weighted by Gasteiger charge is -2.11. The number of amides is 1. The van der Waals surface area contributed by atoms with Crippen LogP contribution in [0.15, 0.2) is 53.4 Å². The Morgan fingerprint density at radius 2 is 1.72 bits per heavy atom. The molecule has 1 heterocycles. The van der Waals surface area contributed by atoms with E-state index in [4.69, 9.17) is 5.14 Å². The first-order valence-corrected chi connectivity index (χ1v) is 9.39. The van der Waals surface area contributed by atoms with Gasteiger partial charge in [0.2, 0.25) is 15.9 Å². The average Bonchev–Trinajstić information content (AvgIpc) is 3.05. The number of sulfonamides is 1. The minimum absolute atomic E-state index is 0.00518. The molecule has 0 spiro atoms. The van der Waals surface area contributed by atoms with Gasteiger partial charge >= 0.3 is 0 Å². The molecule has 1 saturated heterocycles. The summed E-state index contributed by atoms with van der Waals surface area (Å²) in [6.07, 6.45) is 0.615. The van der Waals surface area contributed by atoms with E-state index in [1.165, 1.54) is 29.8 Å². The zero-order chi connectivity index (χ0) is 18.0. The minimum atomic E-state index is -3.74. The minimum Gasteiger partial charge on any atom is -0.325 e. The zero-order valence-corrected chi connectivity index (χ0v) is 14.5. The van der Waals surface area contributed by atoms with Crippen LogP contribution in [0.4, 0.5) is 5.69 Å². The van der Waals surface area contributed by atoms with Crippen LogP contribution in [0.25, 0.3) is 0 Å². The van der Waals surface area contributed by atoms with Crippen LogP contribution in [0.5, 0.6) is 0 Å². The van der Waals surface area contributed by atoms with Crippen LogP contribution in [0.1, 0.15) is 23.6 Å². The third-order valence-electron chi connectivity index (χ3n) is 4.15. The van der Waals surface area contributed by atoms with Gasteiger partial charge in [-0.05, 0) is 43.2 Å². The maximum atomic E-state index is 12.4. The predicted octanol–water partition coefficient (Wildman–Crippen LogP) is 1.19. The number of nitrogens with one attached hydrogen (secondary N) is 3. The lowest BCUT2D eigenvalue weighted by atomic mass is 10.0. The first-order valence-electron chi connectivity index (χ1n) is 7.84. The summed E-state index contributed by atoms with van der Waals surface area (Å²) in [6, 6.07) is 13.6. The van der Waals surface area contributed by atoms with E-state index in [0.717, 1.165) is 5.56 Å². The number of aryl methyl sites for hydroxylation is 1. The topological polar surface area (TPSA) is 113 Å². The van der Waals surface area contributed by atoms with E-state index in [1.54, 1.807) is 0 Å². The smallest absolute Gasteiger partial charge is 0.242 e. The first kappa shape index (κ1) is 17.6. The summed E-state index contributed by atoms with van der Waals surface area (Å²) in [5.41, 5.74) is 8.94. The molecule has 5 N–H and O–H groups in total. The molecule has 1 aliphatic rings. The lowest BCUT2D eigenvalue weighted by Crippen LogP contribution is -2.39. The Balaban J connectivity index is 1.61. The van der Waals surface area contributed by atoms with Crippen molar-refractivity contribution in [3.05, 3.63) is 59.7 Å². The molecule has 1 amide bonds. The fourth-order valence-electron chi connectivity index (χ4n) is 2.70. The van der Waals surface area contributed by atoms with E-state index in [0.29, 0.717) is 12.1 Å². The molecule has 0 radical (unpaired) electrons. The second-order valence-electron chi connectivity index (χ2n) is 6.10. The van der Waals surface area contributed by atoms with Crippen molar-refractivity contribution in [2.45, 2.75) is 30.3 Å². The van der Waals surface area contributed by atoms with Crippen molar-refractivity contribution in [1.82, 2.24) is 10.9 Å². The second-order valence-corrected chi connectivity index (χ2v) is 7.66. The summed E-state index contributed by atoms with van der Waals surface area (Å²) in [5.74, 6) is -0.189. The van der Waals surface area contributed by atoms with Crippen LogP contribution in [-0.2, 0) is 14.8 Å². The van der Waals surface area contributed by atoms with Crippen molar-refractivity contribution >= 4 is 21.6 Å². The van der Waals surface area contributed by atoms with Crippen molar-refractivity contribution in [2.24, 2.45) is 5.14 Å². The van der Waals surface area contributed by atoms with Gasteiger partial charge in [0.25, 0.3) is 0 Å². The van der Waals surface area contributed by atoms with E-state index in [-0.39, 0.29) is 22.9 Å². The Bertz CT molecular complexity index is 864. The molecular formula is C17H20N4O3S. The molecule has 0 bridgehead atoms. The number of hydrazine groups is 1. The van der Waals surface area contributed by atoms with Crippen LogP contribution in [0.2, 0.25) is 0 Å². The maximum Gasteiger partial charge on any atom is 0.242 e. The first-order chi connectivity index (χ1) is 11.8. The van der Waals surface area contributed by atoms with Gasteiger partial charge < -0.3 is 5.32 Å². The van der Waals surface area contributed by atoms with Crippen LogP contribution < -0.4 is 21.3 Å². The molecule has 0 aromatic heterocycles. The number of hydrogen-bond donors (Lipinski definition) is 4. The monoisotopic (exact) mass is 360 g/mol. The predicted molar refractivity (Wildman–Crippen MR) is 95.0 cm³/mol. The van der Waals surface area contributed by atoms with E-state index in [9.17, 15) is 13.2 Å². The van der Waals surface area contributed by atoms with Gasteiger partial charge in [0.05, 0.1) is 4.90 Å². The molecule has 1 aliphatic heterocycles. The van der Waals surface area contributed by atoms with Crippen molar-refractivity contribution in [3.8, 4) is 0 Å². The Morgan fingerprint density at radius 3 is 2.32 bits per heavy atom. The van der Waals surface area contributed by atoms with Gasteiger partial charge in [0.1, 0.15) is 6.04 Å². The highest BCUT2D eigenvalue weighted by Crippen LogP contribution is 2.23. The van der Waals surface area contributed by atoms with E-state index >= 15 is 0 Å². The molecule has 25 heavy (non-hydrogen) atoms. The molecule has 2 aromatic carbocycles. The van der Waals surface area contributed by atoms with Gasteiger partial charge in [0.15, 0.2) is 0 Å². The number of hydrogen-bond acceptors (Lipinski definition) is 5. The molecule has 2 aromatic rings. The molecule has 0 aliphatic carbocycles. The van der Waals surface area contributed by atoms with Crippen molar-refractivity contribution in [3.63, 3.8) is 0 Å². The fraction of sp³-hybridized carbons (Fsp3) is 0.235. The number of primary sulfonamides is 1. The van der Waals surface area contributed by atoms with Crippen LogP contribution in [0, 0.1) is 6.92 Å². The highest BCUT2D eigenvalue weighted by molar-refractivity contribution is 7.89. The van der Waals surface area contributed by atoms with Gasteiger partial charge in [-0.25, -0.2) is 24.4 Å². The number of carbonyl (C=O) groups excluding carboxylic acids is 1. The lowest BCUT2D eigenvalue weighted by molar-refractivity contribution is -0.117. The third-order valence-corrected chi connectivity index (χ3v) is 5.08. The molecule has 3 rings (SSSR count). The van der Waals surface area contributed by atoms with E-state index < -0.39 is 10.0 Å². The standard InChI is InChI=1S/C17H20N4O3S/c1-11-2-4-12(5-3-11)15-10-16(21-20-15)17(22)19-13-6-8-14(9-7-13)25(18,23)24/h2-9,15-16,20-21H,10H2,1H3,(H,19,22)(H2,18,23,24). The van der Waals surface area contributed by atoms with Crippen molar-refractivity contribution in [1.29, 1.82) is 0 Å². The van der Waals surface area contributed by atoms with E-state index in [1.807, 2.05) is 31.2 Å². The summed E-state index contributed by atoms with van der Waals surface area (Å²) in [6.45, 7) is 2.03. The molecule has 8 heteroatoms. The molecule has 132 valence electrons. The Kier molecular flexibility index (Phi) is 4.87. The molecule has 2 atom stereocenters. The number of nitrogens with two attached hydrogens (primary N) is 1. The highest BCUT2D eigenvalue weighted by Gasteiger charge is 2.30. The van der Waals surface area contributed by atoms with Gasteiger partial charge in [-0.2, -0.15) is 0 Å². The van der Waals surface area contributed by atoms with Gasteiger partial charge in [-0.3, -0.25) is 4.79 Å². The number of anilines is 1. The summed E-state index contributed by atoms with van der Waals surface area (Å²) < 4.78 is 22.5. The summed E-state index contributed by atoms with van der Waals surface area (Å²) in [4.78, 5) is 12.4. The zero-order valence-electron chi connectivity index (χ0n) is 13.7. The number of carbonyl (C=O) groups is 1. The largest absolute Gasteiger partial charge is 0.325 e. The van der Waals surface area contributed by atoms with Crippen LogP contribution >= 0.6 is 0 Å². The van der Waals surface area contributed by atoms with Gasteiger partial charge in [-0.1, -0.05) is 29.8 Å². The van der Waals surface area contributed by atoms with Crippen molar-refractivity contribution < 1.29 is 13.2 Å². The Hall–Kier alpha value is -2.26.